The normalized spacial score (nSPS) is 11.0. The van der Waals surface area contributed by atoms with Crippen molar-refractivity contribution in [2.45, 2.75) is 13.8 Å². The molecule has 2 N–H and O–H groups in total. The molecule has 1 heterocycles. The van der Waals surface area contributed by atoms with Gasteiger partial charge in [0.2, 0.25) is 0 Å². The molecule has 0 amide bonds. The van der Waals surface area contributed by atoms with Crippen molar-refractivity contribution in [2.75, 3.05) is 6.61 Å². The zero-order chi connectivity index (χ0) is 17.9. The molecule has 0 spiro atoms. The third kappa shape index (κ3) is 3.86. The van der Waals surface area contributed by atoms with Crippen LogP contribution in [0.15, 0.2) is 38.0 Å². The van der Waals surface area contributed by atoms with E-state index in [-0.39, 0.29) is 17.3 Å². The van der Waals surface area contributed by atoms with Gasteiger partial charge in [0.05, 0.1) is 11.1 Å². The van der Waals surface area contributed by atoms with Gasteiger partial charge in [-0.3, -0.25) is 4.79 Å². The maximum atomic E-state index is 12.1. The number of ketones is 1. The molecule has 0 saturated carbocycles. The summed E-state index contributed by atoms with van der Waals surface area (Å²) < 4.78 is 10.5. The molecule has 0 saturated heterocycles. The van der Waals surface area contributed by atoms with Gasteiger partial charge in [-0.05, 0) is 53.5 Å². The van der Waals surface area contributed by atoms with Crippen molar-refractivity contribution < 1.29 is 24.2 Å². The summed E-state index contributed by atoms with van der Waals surface area (Å²) in [5.74, 6) is -0.695. The number of halogens is 1. The van der Waals surface area contributed by atoms with Crippen LogP contribution in [-0.4, -0.2) is 22.6 Å². The number of phenolic OH excluding ortho intramolecular Hbond substituents is 1. The predicted octanol–water partition coefficient (Wildman–Crippen LogP) is 3.42. The molecular weight excluding hydrogens is 380 g/mol. The molecule has 0 radical (unpaired) electrons. The topological polar surface area (TPSA) is 97.0 Å². The first kappa shape index (κ1) is 17.8. The molecule has 0 atom stereocenters. The van der Waals surface area contributed by atoms with Crippen molar-refractivity contribution in [2.24, 2.45) is 0 Å². The van der Waals surface area contributed by atoms with Crippen molar-refractivity contribution in [1.82, 2.24) is 0 Å². The molecule has 1 aromatic heterocycles. The number of aryl methyl sites for hydroxylation is 1. The molecular formula is C17H15BrO6. The number of carbonyl (C=O) groups excluding carboxylic acids is 1. The van der Waals surface area contributed by atoms with Crippen molar-refractivity contribution in [3.8, 4) is 17.2 Å². The Bertz CT molecular complexity index is 866. The van der Waals surface area contributed by atoms with E-state index in [1.165, 1.54) is 19.1 Å². The van der Waals surface area contributed by atoms with Gasteiger partial charge in [-0.15, -0.1) is 0 Å². The average Bonchev–Trinajstić information content (AvgIpc) is 2.49. The highest BCUT2D eigenvalue weighted by molar-refractivity contribution is 9.10. The van der Waals surface area contributed by atoms with Gasteiger partial charge in [0.25, 0.3) is 0 Å². The number of aromatic hydroxyl groups is 2. The molecule has 24 heavy (non-hydrogen) atoms. The van der Waals surface area contributed by atoms with Crippen LogP contribution in [0, 0.1) is 6.92 Å². The fraction of sp³-hybridized carbons (Fsp3) is 0.176. The van der Waals surface area contributed by atoms with E-state index in [1.807, 2.05) is 0 Å². The van der Waals surface area contributed by atoms with Crippen LogP contribution in [0.25, 0.3) is 6.08 Å². The number of phenols is 1. The van der Waals surface area contributed by atoms with Gasteiger partial charge in [0.15, 0.2) is 17.3 Å². The molecule has 0 aliphatic rings. The molecule has 2 aromatic rings. The van der Waals surface area contributed by atoms with Gasteiger partial charge in [-0.2, -0.15) is 0 Å². The number of rotatable bonds is 5. The highest BCUT2D eigenvalue weighted by atomic mass is 79.9. The van der Waals surface area contributed by atoms with Gasteiger partial charge in [-0.1, -0.05) is 6.08 Å². The van der Waals surface area contributed by atoms with E-state index in [2.05, 4.69) is 15.9 Å². The van der Waals surface area contributed by atoms with E-state index >= 15 is 0 Å². The summed E-state index contributed by atoms with van der Waals surface area (Å²) in [6, 6.07) is 4.33. The van der Waals surface area contributed by atoms with E-state index in [9.17, 15) is 19.8 Å². The molecule has 0 bridgehead atoms. The standard InChI is InChI=1S/C17H15BrO6/c1-3-23-14-8-10(7-11(18)16(14)21)4-5-12(19)15-13(20)6-9(2)24-17(15)22/h4-8,20-21H,3H2,1-2H3/b5-4+. The minimum absolute atomic E-state index is 0.0443. The lowest BCUT2D eigenvalue weighted by Crippen LogP contribution is -2.12. The molecule has 1 aromatic carbocycles. The summed E-state index contributed by atoms with van der Waals surface area (Å²) in [5, 5.41) is 19.6. The van der Waals surface area contributed by atoms with E-state index in [0.717, 1.165) is 6.08 Å². The first-order valence-electron chi connectivity index (χ1n) is 7.05. The van der Waals surface area contributed by atoms with Crippen molar-refractivity contribution in [3.05, 3.63) is 56.1 Å². The Labute approximate surface area is 146 Å². The second kappa shape index (κ2) is 7.35. The maximum absolute atomic E-state index is 12.1. The minimum atomic E-state index is -0.899. The van der Waals surface area contributed by atoms with Crippen LogP contribution in [0.3, 0.4) is 0 Å². The molecule has 0 fully saturated rings. The fourth-order valence-electron chi connectivity index (χ4n) is 2.03. The second-order valence-electron chi connectivity index (χ2n) is 4.88. The Hall–Kier alpha value is -2.54. The van der Waals surface area contributed by atoms with Crippen LogP contribution in [0.1, 0.15) is 28.6 Å². The van der Waals surface area contributed by atoms with Crippen LogP contribution in [-0.2, 0) is 0 Å². The Morgan fingerprint density at radius 3 is 2.67 bits per heavy atom. The molecule has 0 aliphatic heterocycles. The van der Waals surface area contributed by atoms with Crippen LogP contribution >= 0.6 is 15.9 Å². The van der Waals surface area contributed by atoms with E-state index in [1.54, 1.807) is 19.1 Å². The Morgan fingerprint density at radius 2 is 2.04 bits per heavy atom. The summed E-state index contributed by atoms with van der Waals surface area (Å²) in [7, 11) is 0. The van der Waals surface area contributed by atoms with Crippen LogP contribution in [0.4, 0.5) is 0 Å². The first-order valence-corrected chi connectivity index (χ1v) is 7.84. The van der Waals surface area contributed by atoms with E-state index in [4.69, 9.17) is 9.15 Å². The van der Waals surface area contributed by atoms with Gasteiger partial charge in [-0.25, -0.2) is 4.79 Å². The number of allylic oxidation sites excluding steroid dienone is 1. The summed E-state index contributed by atoms with van der Waals surface area (Å²) in [5.41, 5.74) is -0.767. The van der Waals surface area contributed by atoms with Crippen LogP contribution in [0.2, 0.25) is 0 Å². The lowest BCUT2D eigenvalue weighted by atomic mass is 10.1. The lowest BCUT2D eigenvalue weighted by molar-refractivity contribution is 0.104. The van der Waals surface area contributed by atoms with Gasteiger partial charge in [0.1, 0.15) is 17.1 Å². The summed E-state index contributed by atoms with van der Waals surface area (Å²) in [6.45, 7) is 3.64. The Balaban J connectivity index is 2.35. The molecule has 6 nitrogen and oxygen atoms in total. The molecule has 2 rings (SSSR count). The van der Waals surface area contributed by atoms with E-state index < -0.39 is 22.7 Å². The lowest BCUT2D eigenvalue weighted by Gasteiger charge is -2.08. The second-order valence-corrected chi connectivity index (χ2v) is 5.74. The number of hydrogen-bond donors (Lipinski definition) is 2. The maximum Gasteiger partial charge on any atom is 0.351 e. The Morgan fingerprint density at radius 1 is 1.33 bits per heavy atom. The number of carbonyl (C=O) groups is 1. The van der Waals surface area contributed by atoms with Crippen molar-refractivity contribution in [1.29, 1.82) is 0 Å². The van der Waals surface area contributed by atoms with E-state index in [0.29, 0.717) is 16.6 Å². The van der Waals surface area contributed by atoms with Crippen LogP contribution < -0.4 is 10.4 Å². The first-order chi connectivity index (χ1) is 11.3. The Kier molecular flexibility index (Phi) is 5.46. The zero-order valence-corrected chi connectivity index (χ0v) is 14.6. The summed E-state index contributed by atoms with van der Waals surface area (Å²) in [6.07, 6.45) is 2.57. The third-order valence-electron chi connectivity index (χ3n) is 3.08. The minimum Gasteiger partial charge on any atom is -0.507 e. The molecule has 7 heteroatoms. The zero-order valence-electron chi connectivity index (χ0n) is 13.0. The van der Waals surface area contributed by atoms with Gasteiger partial charge >= 0.3 is 5.63 Å². The number of hydrogen-bond acceptors (Lipinski definition) is 6. The van der Waals surface area contributed by atoms with Gasteiger partial charge in [0, 0.05) is 6.07 Å². The quantitative estimate of drug-likeness (QED) is 0.595. The summed E-state index contributed by atoms with van der Waals surface area (Å²) in [4.78, 5) is 23.8. The van der Waals surface area contributed by atoms with Gasteiger partial charge < -0.3 is 19.4 Å². The molecule has 0 unspecified atom stereocenters. The van der Waals surface area contributed by atoms with Crippen molar-refractivity contribution in [3.63, 3.8) is 0 Å². The fourth-order valence-corrected chi connectivity index (χ4v) is 2.49. The summed E-state index contributed by atoms with van der Waals surface area (Å²) >= 11 is 3.20. The third-order valence-corrected chi connectivity index (χ3v) is 3.68. The predicted molar refractivity (Wildman–Crippen MR) is 91.7 cm³/mol. The highest BCUT2D eigenvalue weighted by Crippen LogP contribution is 2.35. The largest absolute Gasteiger partial charge is 0.507 e. The van der Waals surface area contributed by atoms with Crippen LogP contribution in [0.5, 0.6) is 17.2 Å². The highest BCUT2D eigenvalue weighted by Gasteiger charge is 2.16. The van der Waals surface area contributed by atoms with Crippen molar-refractivity contribution >= 4 is 27.8 Å². The monoisotopic (exact) mass is 394 g/mol. The number of benzene rings is 1. The average molecular weight is 395 g/mol. The number of ether oxygens (including phenoxy) is 1. The molecule has 0 aliphatic carbocycles. The smallest absolute Gasteiger partial charge is 0.351 e. The SMILES string of the molecule is CCOc1cc(/C=C/C(=O)c2c(O)cc(C)oc2=O)cc(Br)c1O. The molecule has 126 valence electrons.